The Morgan fingerprint density at radius 3 is 2.21 bits per heavy atom. The number of amides is 4. The Balaban J connectivity index is 1.85. The third kappa shape index (κ3) is 3.82. The lowest BCUT2D eigenvalue weighted by Crippen LogP contribution is -2.70. The Kier molecular flexibility index (Phi) is 4.83. The normalized spacial score (nSPS) is 20.1. The highest BCUT2D eigenvalue weighted by Crippen LogP contribution is 2.30. The molecule has 2 heterocycles. The number of hydrazine groups is 1. The van der Waals surface area contributed by atoms with Crippen molar-refractivity contribution < 1.29 is 42.5 Å². The third-order valence-electron chi connectivity index (χ3n) is 4.34. The number of urea groups is 1. The molecular formula is C15H15F3N4O6. The van der Waals surface area contributed by atoms with Crippen molar-refractivity contribution in [3.63, 3.8) is 0 Å². The molecule has 2 fully saturated rings. The fourth-order valence-corrected chi connectivity index (χ4v) is 3.15. The molecule has 2 aliphatic heterocycles. The van der Waals surface area contributed by atoms with Gasteiger partial charge in [-0.3, -0.25) is 0 Å². The Morgan fingerprint density at radius 2 is 1.68 bits per heavy atom. The minimum atomic E-state index is -4.88. The number of rotatable bonds is 2. The Bertz CT molecular complexity index is 787. The highest BCUT2D eigenvalue weighted by Gasteiger charge is 2.44. The number of halogens is 3. The molecule has 0 aliphatic carbocycles. The zero-order valence-corrected chi connectivity index (χ0v) is 14.2. The van der Waals surface area contributed by atoms with E-state index in [4.69, 9.17) is 5.11 Å². The van der Waals surface area contributed by atoms with Crippen LogP contribution in [0.1, 0.15) is 0 Å². The first-order valence-corrected chi connectivity index (χ1v) is 8.01. The quantitative estimate of drug-likeness (QED) is 0.780. The summed E-state index contributed by atoms with van der Waals surface area (Å²) >= 11 is 0. The van der Waals surface area contributed by atoms with Gasteiger partial charge in [0.1, 0.15) is 5.75 Å². The zero-order valence-electron chi connectivity index (χ0n) is 14.2. The topological polar surface area (TPSA) is 114 Å². The van der Waals surface area contributed by atoms with Crippen LogP contribution in [0.3, 0.4) is 0 Å². The van der Waals surface area contributed by atoms with Crippen LogP contribution in [-0.2, 0) is 0 Å². The Hall–Kier alpha value is -3.38. The number of fused-ring (bicyclic) bond motifs is 1. The molecule has 28 heavy (non-hydrogen) atoms. The molecule has 0 spiro atoms. The van der Waals surface area contributed by atoms with Crippen LogP contribution >= 0.6 is 0 Å². The van der Waals surface area contributed by atoms with E-state index in [2.05, 4.69) is 4.74 Å². The number of alkyl halides is 3. The summed E-state index contributed by atoms with van der Waals surface area (Å²) in [6.07, 6.45) is -7.51. The van der Waals surface area contributed by atoms with Gasteiger partial charge in [0.15, 0.2) is 0 Å². The minimum Gasteiger partial charge on any atom is -0.465 e. The SMILES string of the molecule is O=C(O)N1CCN2C(=O)N(c3ccc(OC(F)(F)F)cc3)N(C(=O)O)C[C@@H]2C1. The lowest BCUT2D eigenvalue weighted by molar-refractivity contribution is -0.274. The summed E-state index contributed by atoms with van der Waals surface area (Å²) in [4.78, 5) is 38.0. The highest BCUT2D eigenvalue weighted by atomic mass is 19.4. The van der Waals surface area contributed by atoms with Crippen LogP contribution in [0.2, 0.25) is 0 Å². The lowest BCUT2D eigenvalue weighted by Gasteiger charge is -2.49. The summed E-state index contributed by atoms with van der Waals surface area (Å²) in [6.45, 7) is -0.103. The molecule has 1 atom stereocenters. The number of ether oxygens (including phenoxy) is 1. The Labute approximate surface area is 155 Å². The van der Waals surface area contributed by atoms with Crippen LogP contribution in [0.4, 0.5) is 33.2 Å². The smallest absolute Gasteiger partial charge is 0.465 e. The van der Waals surface area contributed by atoms with Gasteiger partial charge in [-0.25, -0.2) is 19.4 Å². The number of nitrogens with zero attached hydrogens (tertiary/aromatic N) is 4. The van der Waals surface area contributed by atoms with E-state index in [0.717, 1.165) is 34.2 Å². The summed E-state index contributed by atoms with van der Waals surface area (Å²) in [5.41, 5.74) is 0.0287. The molecule has 3 rings (SSSR count). The molecule has 0 aromatic heterocycles. The van der Waals surface area contributed by atoms with Gasteiger partial charge in [-0.05, 0) is 24.3 Å². The number of anilines is 1. The van der Waals surface area contributed by atoms with Crippen molar-refractivity contribution in [3.05, 3.63) is 24.3 Å². The van der Waals surface area contributed by atoms with Crippen molar-refractivity contribution in [2.75, 3.05) is 31.2 Å². The van der Waals surface area contributed by atoms with Gasteiger partial charge < -0.3 is 24.7 Å². The van der Waals surface area contributed by atoms with Crippen LogP contribution < -0.4 is 9.75 Å². The molecule has 10 nitrogen and oxygen atoms in total. The van der Waals surface area contributed by atoms with Crippen LogP contribution in [0, 0.1) is 0 Å². The number of hydrogen-bond donors (Lipinski definition) is 2. The van der Waals surface area contributed by atoms with Crippen molar-refractivity contribution in [2.45, 2.75) is 12.4 Å². The van der Waals surface area contributed by atoms with Gasteiger partial charge >= 0.3 is 24.6 Å². The number of carboxylic acid groups (broad SMARTS) is 2. The van der Waals surface area contributed by atoms with Gasteiger partial charge in [-0.15, -0.1) is 13.2 Å². The van der Waals surface area contributed by atoms with Crippen molar-refractivity contribution in [1.82, 2.24) is 14.8 Å². The first-order valence-electron chi connectivity index (χ1n) is 8.01. The zero-order chi connectivity index (χ0) is 20.6. The molecule has 1 aromatic carbocycles. The maximum atomic E-state index is 12.8. The first kappa shape index (κ1) is 19.4. The van der Waals surface area contributed by atoms with Crippen molar-refractivity contribution >= 4 is 23.9 Å². The fraction of sp³-hybridized carbons (Fsp3) is 0.400. The van der Waals surface area contributed by atoms with E-state index in [1.54, 1.807) is 0 Å². The van der Waals surface area contributed by atoms with Gasteiger partial charge in [0.05, 0.1) is 18.3 Å². The maximum absolute atomic E-state index is 12.8. The number of hydrogen-bond acceptors (Lipinski definition) is 4. The monoisotopic (exact) mass is 404 g/mol. The molecular weight excluding hydrogens is 389 g/mol. The van der Waals surface area contributed by atoms with Crippen LogP contribution in [0.5, 0.6) is 5.75 Å². The van der Waals surface area contributed by atoms with E-state index in [-0.39, 0.29) is 31.9 Å². The molecule has 2 saturated heterocycles. The Morgan fingerprint density at radius 1 is 1.04 bits per heavy atom. The number of carbonyl (C=O) groups is 3. The molecule has 13 heteroatoms. The first-order chi connectivity index (χ1) is 13.1. The third-order valence-corrected chi connectivity index (χ3v) is 4.34. The highest BCUT2D eigenvalue weighted by molar-refractivity contribution is 5.95. The van der Waals surface area contributed by atoms with Gasteiger partial charge in [-0.1, -0.05) is 0 Å². The van der Waals surface area contributed by atoms with Gasteiger partial charge in [0.2, 0.25) is 0 Å². The van der Waals surface area contributed by atoms with Crippen LogP contribution in [-0.4, -0.2) is 81.8 Å². The van der Waals surface area contributed by atoms with Gasteiger partial charge in [-0.2, -0.15) is 5.01 Å². The second-order valence-corrected chi connectivity index (χ2v) is 6.08. The molecule has 0 saturated carbocycles. The predicted octanol–water partition coefficient (Wildman–Crippen LogP) is 2.08. The maximum Gasteiger partial charge on any atom is 0.573 e. The van der Waals surface area contributed by atoms with E-state index in [1.165, 1.54) is 4.90 Å². The van der Waals surface area contributed by atoms with Crippen LogP contribution in [0.15, 0.2) is 24.3 Å². The average Bonchev–Trinajstić information content (AvgIpc) is 2.60. The number of piperazine rings is 1. The molecule has 0 radical (unpaired) electrons. The molecule has 2 N–H and O–H groups in total. The second kappa shape index (κ2) is 6.98. The summed E-state index contributed by atoms with van der Waals surface area (Å²) < 4.78 is 40.6. The second-order valence-electron chi connectivity index (χ2n) is 6.08. The summed E-state index contributed by atoms with van der Waals surface area (Å²) in [7, 11) is 0. The molecule has 0 unspecified atom stereocenters. The van der Waals surface area contributed by atoms with Gasteiger partial charge in [0, 0.05) is 19.6 Å². The van der Waals surface area contributed by atoms with Crippen molar-refractivity contribution in [2.24, 2.45) is 0 Å². The van der Waals surface area contributed by atoms with E-state index in [0.29, 0.717) is 5.01 Å². The minimum absolute atomic E-state index is 0.0287. The molecule has 0 bridgehead atoms. The van der Waals surface area contributed by atoms with Crippen LogP contribution in [0.25, 0.3) is 0 Å². The van der Waals surface area contributed by atoms with E-state index in [9.17, 15) is 32.7 Å². The summed E-state index contributed by atoms with van der Waals surface area (Å²) in [6, 6.07) is 2.80. The molecule has 152 valence electrons. The van der Waals surface area contributed by atoms with E-state index in [1.807, 2.05) is 0 Å². The molecule has 1 aromatic rings. The standard InChI is InChI=1S/C15H15F3N4O6/c16-15(17,18)28-11-3-1-9(2-4-11)22-12(23)20-6-5-19(13(24)25)7-10(20)8-21(22)14(26)27/h1-4,10H,5-8H2,(H,24,25)(H,26,27)/t10-/m0/s1. The van der Waals surface area contributed by atoms with E-state index >= 15 is 0 Å². The molecule has 2 aliphatic rings. The summed E-state index contributed by atoms with van der Waals surface area (Å²) in [5, 5.41) is 20.1. The van der Waals surface area contributed by atoms with E-state index < -0.39 is 36.4 Å². The van der Waals surface area contributed by atoms with Crippen molar-refractivity contribution in [3.8, 4) is 5.75 Å². The average molecular weight is 404 g/mol. The summed E-state index contributed by atoms with van der Waals surface area (Å²) in [5.74, 6) is -0.518. The predicted molar refractivity (Wildman–Crippen MR) is 85.8 cm³/mol. The van der Waals surface area contributed by atoms with Crippen molar-refractivity contribution in [1.29, 1.82) is 0 Å². The number of carbonyl (C=O) groups excluding carboxylic acids is 1. The largest absolute Gasteiger partial charge is 0.573 e. The fourth-order valence-electron chi connectivity index (χ4n) is 3.15. The number of benzene rings is 1. The lowest BCUT2D eigenvalue weighted by atomic mass is 10.1. The molecule has 4 amide bonds. The van der Waals surface area contributed by atoms with Gasteiger partial charge in [0.25, 0.3) is 0 Å².